The van der Waals surface area contributed by atoms with Crippen LogP contribution in [0.25, 0.3) is 0 Å². The molecule has 16 heavy (non-hydrogen) atoms. The molecule has 0 aliphatic rings. The molecule has 1 heterocycles. The summed E-state index contributed by atoms with van der Waals surface area (Å²) >= 11 is 0. The van der Waals surface area contributed by atoms with Crippen molar-refractivity contribution in [2.45, 2.75) is 13.3 Å². The molecular formula is C10H11N3O3. The molecule has 1 aromatic heterocycles. The Morgan fingerprint density at radius 3 is 2.62 bits per heavy atom. The number of pyridine rings is 1. The number of nitrogens with one attached hydrogen (secondary N) is 1. The van der Waals surface area contributed by atoms with Gasteiger partial charge >= 0.3 is 5.97 Å². The first-order valence-corrected chi connectivity index (χ1v) is 4.55. The molecule has 0 saturated heterocycles. The van der Waals surface area contributed by atoms with Crippen LogP contribution in [0.5, 0.6) is 0 Å². The molecule has 2 N–H and O–H groups in total. The molecule has 84 valence electrons. The number of amides is 1. The minimum absolute atomic E-state index is 0.584. The number of carbonyl (C=O) groups is 2. The zero-order valence-electron chi connectivity index (χ0n) is 8.67. The SMILES string of the molecule is CC(=NNC(=O)CC(=O)O)c1ccncc1. The van der Waals surface area contributed by atoms with Crippen LogP contribution in [0.3, 0.4) is 0 Å². The highest BCUT2D eigenvalue weighted by molar-refractivity contribution is 6.00. The predicted octanol–water partition coefficient (Wildman–Crippen LogP) is 0.396. The number of aromatic nitrogens is 1. The molecule has 0 unspecified atom stereocenters. The second-order valence-electron chi connectivity index (χ2n) is 3.04. The highest BCUT2D eigenvalue weighted by atomic mass is 16.4. The molecule has 0 saturated carbocycles. The minimum atomic E-state index is -1.19. The van der Waals surface area contributed by atoms with Crippen LogP contribution in [0.4, 0.5) is 0 Å². The zero-order chi connectivity index (χ0) is 12.0. The summed E-state index contributed by atoms with van der Waals surface area (Å²) in [6, 6.07) is 3.48. The molecular weight excluding hydrogens is 210 g/mol. The van der Waals surface area contributed by atoms with Gasteiger partial charge in [0.15, 0.2) is 0 Å². The third-order valence-corrected chi connectivity index (χ3v) is 1.76. The van der Waals surface area contributed by atoms with Crippen LogP contribution in [0.1, 0.15) is 18.9 Å². The summed E-state index contributed by atoms with van der Waals surface area (Å²) < 4.78 is 0. The Labute approximate surface area is 92.0 Å². The maximum absolute atomic E-state index is 11.0. The van der Waals surface area contributed by atoms with Crippen LogP contribution in [-0.2, 0) is 9.59 Å². The van der Waals surface area contributed by atoms with Crippen molar-refractivity contribution in [3.8, 4) is 0 Å². The van der Waals surface area contributed by atoms with Gasteiger partial charge in [-0.1, -0.05) is 0 Å². The Morgan fingerprint density at radius 1 is 1.44 bits per heavy atom. The number of hydrogen-bond donors (Lipinski definition) is 2. The van der Waals surface area contributed by atoms with Crippen molar-refractivity contribution in [2.75, 3.05) is 0 Å². The van der Waals surface area contributed by atoms with Crippen molar-refractivity contribution in [3.05, 3.63) is 30.1 Å². The number of hydrogen-bond acceptors (Lipinski definition) is 4. The largest absolute Gasteiger partial charge is 0.481 e. The molecule has 0 aliphatic heterocycles. The number of rotatable bonds is 4. The Balaban J connectivity index is 2.58. The molecule has 1 rings (SSSR count). The fraction of sp³-hybridized carbons (Fsp3) is 0.200. The number of carboxylic acids is 1. The van der Waals surface area contributed by atoms with Gasteiger partial charge in [-0.05, 0) is 19.1 Å². The topological polar surface area (TPSA) is 91.7 Å². The van der Waals surface area contributed by atoms with E-state index in [-0.39, 0.29) is 0 Å². The molecule has 1 amide bonds. The van der Waals surface area contributed by atoms with Crippen LogP contribution in [0.2, 0.25) is 0 Å². The van der Waals surface area contributed by atoms with E-state index in [0.717, 1.165) is 5.56 Å². The molecule has 0 spiro atoms. The summed E-state index contributed by atoms with van der Waals surface area (Å²) in [6.45, 7) is 1.70. The number of aliphatic carboxylic acids is 1. The lowest BCUT2D eigenvalue weighted by molar-refractivity contribution is -0.140. The highest BCUT2D eigenvalue weighted by Crippen LogP contribution is 1.97. The average molecular weight is 221 g/mol. The highest BCUT2D eigenvalue weighted by Gasteiger charge is 2.06. The van der Waals surface area contributed by atoms with Crippen LogP contribution in [0.15, 0.2) is 29.6 Å². The summed E-state index contributed by atoms with van der Waals surface area (Å²) in [5.74, 6) is -1.84. The maximum atomic E-state index is 11.0. The van der Waals surface area contributed by atoms with Gasteiger partial charge in [-0.15, -0.1) is 0 Å². The summed E-state index contributed by atoms with van der Waals surface area (Å²) in [4.78, 5) is 25.0. The van der Waals surface area contributed by atoms with E-state index in [4.69, 9.17) is 5.11 Å². The second-order valence-corrected chi connectivity index (χ2v) is 3.04. The van der Waals surface area contributed by atoms with Crippen molar-refractivity contribution >= 4 is 17.6 Å². The third kappa shape index (κ3) is 3.87. The van der Waals surface area contributed by atoms with Gasteiger partial charge in [0, 0.05) is 18.0 Å². The van der Waals surface area contributed by atoms with Crippen molar-refractivity contribution in [3.63, 3.8) is 0 Å². The Morgan fingerprint density at radius 2 is 2.06 bits per heavy atom. The van der Waals surface area contributed by atoms with Crippen LogP contribution in [0, 0.1) is 0 Å². The molecule has 0 aliphatic carbocycles. The van der Waals surface area contributed by atoms with Crippen LogP contribution >= 0.6 is 0 Å². The van der Waals surface area contributed by atoms with E-state index in [9.17, 15) is 9.59 Å². The van der Waals surface area contributed by atoms with Gasteiger partial charge in [0.25, 0.3) is 5.91 Å². The lowest BCUT2D eigenvalue weighted by Gasteiger charge is -2.00. The molecule has 1 aromatic rings. The molecule has 6 nitrogen and oxygen atoms in total. The Kier molecular flexibility index (Phi) is 4.14. The quantitative estimate of drug-likeness (QED) is 0.437. The Bertz CT molecular complexity index is 415. The van der Waals surface area contributed by atoms with Crippen LogP contribution in [-0.4, -0.2) is 27.7 Å². The van der Waals surface area contributed by atoms with Gasteiger partial charge in [0.1, 0.15) is 6.42 Å². The average Bonchev–Trinajstić information content (AvgIpc) is 2.26. The van der Waals surface area contributed by atoms with Gasteiger partial charge in [-0.25, -0.2) is 5.43 Å². The van der Waals surface area contributed by atoms with Gasteiger partial charge in [0.2, 0.25) is 0 Å². The fourth-order valence-electron chi connectivity index (χ4n) is 0.981. The smallest absolute Gasteiger partial charge is 0.312 e. The van der Waals surface area contributed by atoms with Crippen LogP contribution < -0.4 is 5.43 Å². The number of nitrogens with zero attached hydrogens (tertiary/aromatic N) is 2. The van der Waals surface area contributed by atoms with Crippen molar-refractivity contribution < 1.29 is 14.7 Å². The predicted molar refractivity (Wildman–Crippen MR) is 56.8 cm³/mol. The molecule has 6 heteroatoms. The summed E-state index contributed by atoms with van der Waals surface area (Å²) in [5.41, 5.74) is 3.56. The summed E-state index contributed by atoms with van der Waals surface area (Å²) in [6.07, 6.45) is 2.62. The molecule has 0 atom stereocenters. The van der Waals surface area contributed by atoms with Crippen molar-refractivity contribution in [1.82, 2.24) is 10.4 Å². The van der Waals surface area contributed by atoms with E-state index in [0.29, 0.717) is 5.71 Å². The van der Waals surface area contributed by atoms with Gasteiger partial charge in [-0.2, -0.15) is 5.10 Å². The van der Waals surface area contributed by atoms with Gasteiger partial charge in [0.05, 0.1) is 5.71 Å². The first-order chi connectivity index (χ1) is 7.59. The minimum Gasteiger partial charge on any atom is -0.481 e. The van der Waals surface area contributed by atoms with Crippen molar-refractivity contribution in [2.24, 2.45) is 5.10 Å². The molecule has 0 bridgehead atoms. The molecule has 0 fully saturated rings. The first-order valence-electron chi connectivity index (χ1n) is 4.55. The summed E-state index contributed by atoms with van der Waals surface area (Å²) in [5, 5.41) is 12.1. The Hall–Kier alpha value is -2.24. The van der Waals surface area contributed by atoms with E-state index in [2.05, 4.69) is 15.5 Å². The summed E-state index contributed by atoms with van der Waals surface area (Å²) in [7, 11) is 0. The third-order valence-electron chi connectivity index (χ3n) is 1.76. The second kappa shape index (κ2) is 5.59. The van der Waals surface area contributed by atoms with E-state index in [1.54, 1.807) is 31.5 Å². The normalized spacial score (nSPS) is 10.9. The molecule has 0 aromatic carbocycles. The number of carboxylic acid groups (broad SMARTS) is 1. The monoisotopic (exact) mass is 221 g/mol. The van der Waals surface area contributed by atoms with E-state index < -0.39 is 18.3 Å². The number of hydrazone groups is 1. The number of carbonyl (C=O) groups excluding carboxylic acids is 1. The van der Waals surface area contributed by atoms with Gasteiger partial charge in [-0.3, -0.25) is 14.6 Å². The standard InChI is InChI=1S/C10H11N3O3/c1-7(8-2-4-11-5-3-8)12-13-9(14)6-10(15)16/h2-5H,6H2,1H3,(H,13,14)(H,15,16). The van der Waals surface area contributed by atoms with E-state index >= 15 is 0 Å². The zero-order valence-corrected chi connectivity index (χ0v) is 8.67. The van der Waals surface area contributed by atoms with E-state index in [1.807, 2.05) is 0 Å². The van der Waals surface area contributed by atoms with E-state index in [1.165, 1.54) is 0 Å². The first kappa shape index (κ1) is 11.8. The lowest BCUT2D eigenvalue weighted by atomic mass is 10.2. The molecule has 0 radical (unpaired) electrons. The van der Waals surface area contributed by atoms with Crippen molar-refractivity contribution in [1.29, 1.82) is 0 Å². The fourth-order valence-corrected chi connectivity index (χ4v) is 0.981. The lowest BCUT2D eigenvalue weighted by Crippen LogP contribution is -2.22. The van der Waals surface area contributed by atoms with Gasteiger partial charge < -0.3 is 5.11 Å². The maximum Gasteiger partial charge on any atom is 0.312 e.